The van der Waals surface area contributed by atoms with E-state index in [0.29, 0.717) is 13.0 Å². The van der Waals surface area contributed by atoms with Crippen LogP contribution in [0, 0.1) is 5.92 Å². The Morgan fingerprint density at radius 1 is 1.56 bits per heavy atom. The second kappa shape index (κ2) is 2.62. The van der Waals surface area contributed by atoms with Gasteiger partial charge in [0.1, 0.15) is 0 Å². The van der Waals surface area contributed by atoms with Crippen molar-refractivity contribution in [3.63, 3.8) is 0 Å². The zero-order valence-corrected chi connectivity index (χ0v) is 5.03. The Balaban J connectivity index is 2.38. The predicted molar refractivity (Wildman–Crippen MR) is 30.3 cm³/mol. The molecule has 0 bridgehead atoms. The first-order valence-corrected chi connectivity index (χ1v) is 2.95. The van der Waals surface area contributed by atoms with Gasteiger partial charge in [-0.05, 0) is 0 Å². The van der Waals surface area contributed by atoms with Crippen LogP contribution in [0.2, 0.25) is 0 Å². The van der Waals surface area contributed by atoms with Crippen LogP contribution in [0.4, 0.5) is 0 Å². The van der Waals surface area contributed by atoms with Crippen molar-refractivity contribution in [2.45, 2.75) is 19.0 Å². The topological polar surface area (TPSA) is 75.7 Å². The number of aliphatic hydroxyl groups is 2. The minimum Gasteiger partial charge on any atom is -0.368 e. The van der Waals surface area contributed by atoms with Gasteiger partial charge in [-0.25, -0.2) is 0 Å². The molecule has 9 heavy (non-hydrogen) atoms. The Morgan fingerprint density at radius 2 is 2.22 bits per heavy atom. The molecular weight excluding hydrogens is 122 g/mol. The quantitative estimate of drug-likeness (QED) is 0.412. The molecule has 1 rings (SSSR count). The van der Waals surface area contributed by atoms with E-state index < -0.39 is 12.6 Å². The van der Waals surface area contributed by atoms with Crippen molar-refractivity contribution >= 4 is 0 Å². The number of nitrogens with two attached hydrogens (primary N) is 1. The second-order valence-electron chi connectivity index (χ2n) is 2.21. The van der Waals surface area contributed by atoms with Crippen LogP contribution in [-0.2, 0) is 4.74 Å². The van der Waals surface area contributed by atoms with E-state index in [0.717, 1.165) is 0 Å². The molecule has 1 heterocycles. The average molecular weight is 133 g/mol. The van der Waals surface area contributed by atoms with Gasteiger partial charge in [0.05, 0.1) is 0 Å². The van der Waals surface area contributed by atoms with E-state index in [1.165, 1.54) is 0 Å². The normalized spacial score (nSPS) is 43.7. The summed E-state index contributed by atoms with van der Waals surface area (Å²) in [4.78, 5) is 0. The monoisotopic (exact) mass is 133 g/mol. The maximum Gasteiger partial charge on any atom is 0.161 e. The summed E-state index contributed by atoms with van der Waals surface area (Å²) >= 11 is 0. The van der Waals surface area contributed by atoms with Gasteiger partial charge in [0.15, 0.2) is 12.6 Å². The molecule has 1 fully saturated rings. The Kier molecular flexibility index (Phi) is 2.02. The van der Waals surface area contributed by atoms with E-state index in [1.807, 2.05) is 0 Å². The highest BCUT2D eigenvalue weighted by molar-refractivity contribution is 4.70. The van der Waals surface area contributed by atoms with Gasteiger partial charge in [-0.1, -0.05) is 0 Å². The lowest BCUT2D eigenvalue weighted by Crippen LogP contribution is -2.22. The third kappa shape index (κ3) is 1.40. The number of rotatable bonds is 1. The van der Waals surface area contributed by atoms with E-state index in [-0.39, 0.29) is 5.92 Å². The molecule has 3 unspecified atom stereocenters. The molecule has 0 saturated carbocycles. The number of ether oxygens (including phenoxy) is 1. The Morgan fingerprint density at radius 3 is 2.44 bits per heavy atom. The Labute approximate surface area is 53.2 Å². The lowest BCUT2D eigenvalue weighted by atomic mass is 10.1. The fraction of sp³-hybridized carbons (Fsp3) is 1.00. The first kappa shape index (κ1) is 6.95. The molecule has 1 aliphatic rings. The minimum absolute atomic E-state index is 0.0972. The Bertz CT molecular complexity index is 98.2. The van der Waals surface area contributed by atoms with Gasteiger partial charge in [0, 0.05) is 18.9 Å². The smallest absolute Gasteiger partial charge is 0.161 e. The fourth-order valence-electron chi connectivity index (χ4n) is 0.916. The van der Waals surface area contributed by atoms with Crippen LogP contribution in [0.15, 0.2) is 0 Å². The SMILES string of the molecule is NCC1CC(O)OC1O. The van der Waals surface area contributed by atoms with Crippen LogP contribution in [0.5, 0.6) is 0 Å². The van der Waals surface area contributed by atoms with Crippen LogP contribution in [0.3, 0.4) is 0 Å². The summed E-state index contributed by atoms with van der Waals surface area (Å²) in [6.45, 7) is 0.359. The maximum absolute atomic E-state index is 8.90. The van der Waals surface area contributed by atoms with Gasteiger partial charge in [-0.15, -0.1) is 0 Å². The van der Waals surface area contributed by atoms with E-state index >= 15 is 0 Å². The zero-order valence-electron chi connectivity index (χ0n) is 5.03. The molecule has 1 aliphatic heterocycles. The molecule has 4 nitrogen and oxygen atoms in total. The van der Waals surface area contributed by atoms with E-state index in [4.69, 9.17) is 15.9 Å². The molecule has 4 heteroatoms. The molecule has 1 saturated heterocycles. The largest absolute Gasteiger partial charge is 0.368 e. The third-order valence-electron chi connectivity index (χ3n) is 1.51. The Hall–Kier alpha value is -0.160. The maximum atomic E-state index is 8.90. The predicted octanol–water partition coefficient (Wildman–Crippen LogP) is -1.38. The fourth-order valence-corrected chi connectivity index (χ4v) is 0.916. The van der Waals surface area contributed by atoms with Crippen LogP contribution in [0.1, 0.15) is 6.42 Å². The molecule has 0 aromatic carbocycles. The van der Waals surface area contributed by atoms with Gasteiger partial charge >= 0.3 is 0 Å². The van der Waals surface area contributed by atoms with Crippen molar-refractivity contribution in [2.75, 3.05) is 6.54 Å². The van der Waals surface area contributed by atoms with Crippen molar-refractivity contribution in [1.29, 1.82) is 0 Å². The second-order valence-corrected chi connectivity index (χ2v) is 2.21. The van der Waals surface area contributed by atoms with E-state index in [1.54, 1.807) is 0 Å². The van der Waals surface area contributed by atoms with Gasteiger partial charge in [0.25, 0.3) is 0 Å². The van der Waals surface area contributed by atoms with Crippen molar-refractivity contribution in [2.24, 2.45) is 11.7 Å². The summed E-state index contributed by atoms with van der Waals surface area (Å²) in [6.07, 6.45) is -1.25. The molecule has 0 aromatic rings. The highest BCUT2D eigenvalue weighted by Crippen LogP contribution is 2.21. The molecule has 0 spiro atoms. The highest BCUT2D eigenvalue weighted by Gasteiger charge is 2.31. The van der Waals surface area contributed by atoms with Crippen molar-refractivity contribution < 1.29 is 14.9 Å². The van der Waals surface area contributed by atoms with Crippen molar-refractivity contribution in [3.05, 3.63) is 0 Å². The molecule has 0 aliphatic carbocycles. The molecule has 4 N–H and O–H groups in total. The van der Waals surface area contributed by atoms with Crippen LogP contribution in [0.25, 0.3) is 0 Å². The summed E-state index contributed by atoms with van der Waals surface area (Å²) < 4.78 is 4.60. The van der Waals surface area contributed by atoms with Crippen LogP contribution >= 0.6 is 0 Å². The summed E-state index contributed by atoms with van der Waals surface area (Å²) in [7, 11) is 0. The molecule has 0 aromatic heterocycles. The summed E-state index contributed by atoms with van der Waals surface area (Å²) in [5.74, 6) is -0.0972. The van der Waals surface area contributed by atoms with E-state index in [2.05, 4.69) is 4.74 Å². The lowest BCUT2D eigenvalue weighted by molar-refractivity contribution is -0.167. The zero-order chi connectivity index (χ0) is 6.85. The average Bonchev–Trinajstić information content (AvgIpc) is 2.10. The third-order valence-corrected chi connectivity index (χ3v) is 1.51. The number of hydrogen-bond donors (Lipinski definition) is 3. The molecule has 0 amide bonds. The van der Waals surface area contributed by atoms with Gasteiger partial charge in [0.2, 0.25) is 0 Å². The van der Waals surface area contributed by atoms with Crippen molar-refractivity contribution in [1.82, 2.24) is 0 Å². The molecule has 54 valence electrons. The van der Waals surface area contributed by atoms with Gasteiger partial charge < -0.3 is 20.7 Å². The molecule has 0 radical (unpaired) electrons. The minimum atomic E-state index is -0.870. The van der Waals surface area contributed by atoms with Gasteiger partial charge in [-0.3, -0.25) is 0 Å². The van der Waals surface area contributed by atoms with Crippen LogP contribution in [-0.4, -0.2) is 29.3 Å². The van der Waals surface area contributed by atoms with Crippen molar-refractivity contribution in [3.8, 4) is 0 Å². The summed E-state index contributed by atoms with van der Waals surface area (Å²) in [5, 5.41) is 17.7. The molecular formula is C5H11NO3. The standard InChI is InChI=1S/C5H11NO3/c6-2-3-1-4(7)9-5(3)8/h3-5,7-8H,1-2,6H2. The van der Waals surface area contributed by atoms with Crippen LogP contribution < -0.4 is 5.73 Å². The molecule has 3 atom stereocenters. The lowest BCUT2D eigenvalue weighted by Gasteiger charge is -2.07. The number of hydrogen-bond acceptors (Lipinski definition) is 4. The first-order chi connectivity index (χ1) is 4.24. The summed E-state index contributed by atoms with van der Waals surface area (Å²) in [5.41, 5.74) is 5.24. The highest BCUT2D eigenvalue weighted by atomic mass is 16.7. The first-order valence-electron chi connectivity index (χ1n) is 2.95. The number of aliphatic hydroxyl groups excluding tert-OH is 2. The van der Waals surface area contributed by atoms with Gasteiger partial charge in [-0.2, -0.15) is 0 Å². The van der Waals surface area contributed by atoms with E-state index in [9.17, 15) is 0 Å². The summed E-state index contributed by atoms with van der Waals surface area (Å²) in [6, 6.07) is 0.